The number of aromatic amines is 2. The quantitative estimate of drug-likeness (QED) is 0.684. The first-order valence-electron chi connectivity index (χ1n) is 8.05. The lowest BCUT2D eigenvalue weighted by Crippen LogP contribution is -2.28. The first kappa shape index (κ1) is 16.7. The molecule has 2 heterocycles. The van der Waals surface area contributed by atoms with Crippen molar-refractivity contribution in [1.82, 2.24) is 20.3 Å². The molecule has 0 aliphatic rings. The number of imidazole rings is 1. The van der Waals surface area contributed by atoms with Gasteiger partial charge in [-0.25, -0.2) is 4.98 Å². The molecule has 3 N–H and O–H groups in total. The summed E-state index contributed by atoms with van der Waals surface area (Å²) in [6.07, 6.45) is 0. The lowest BCUT2D eigenvalue weighted by Gasteiger charge is -2.07. The Bertz CT molecular complexity index is 971. The predicted molar refractivity (Wildman–Crippen MR) is 96.5 cm³/mol. The van der Waals surface area contributed by atoms with Gasteiger partial charge in [0, 0.05) is 29.1 Å². The van der Waals surface area contributed by atoms with E-state index in [0.717, 1.165) is 16.8 Å². The van der Waals surface area contributed by atoms with Crippen molar-refractivity contribution in [2.45, 2.75) is 27.3 Å². The third-order valence-electron chi connectivity index (χ3n) is 4.07. The van der Waals surface area contributed by atoms with Gasteiger partial charge >= 0.3 is 0 Å². The summed E-state index contributed by atoms with van der Waals surface area (Å²) in [7, 11) is 0. The van der Waals surface area contributed by atoms with Crippen LogP contribution in [0.15, 0.2) is 41.2 Å². The number of nitrogens with one attached hydrogen (secondary N) is 3. The van der Waals surface area contributed by atoms with Gasteiger partial charge in [-0.15, -0.1) is 0 Å². The minimum Gasteiger partial charge on any atom is -0.346 e. The fraction of sp³-hybridized carbons (Fsp3) is 0.211. The van der Waals surface area contributed by atoms with E-state index in [4.69, 9.17) is 0 Å². The highest BCUT2D eigenvalue weighted by Crippen LogP contribution is 2.17. The summed E-state index contributed by atoms with van der Waals surface area (Å²) < 4.78 is 0. The number of benzene rings is 1. The number of aromatic nitrogens is 3. The van der Waals surface area contributed by atoms with Gasteiger partial charge in [0.25, 0.3) is 11.5 Å². The Labute approximate surface area is 145 Å². The lowest BCUT2D eigenvalue weighted by atomic mass is 10.1. The van der Waals surface area contributed by atoms with Gasteiger partial charge in [-0.2, -0.15) is 0 Å². The largest absolute Gasteiger partial charge is 0.346 e. The van der Waals surface area contributed by atoms with Crippen LogP contribution in [0.5, 0.6) is 0 Å². The van der Waals surface area contributed by atoms with E-state index in [-0.39, 0.29) is 18.0 Å². The van der Waals surface area contributed by atoms with Crippen LogP contribution >= 0.6 is 0 Å². The lowest BCUT2D eigenvalue weighted by molar-refractivity contribution is 0.0945. The Hall–Kier alpha value is -3.15. The normalized spacial score (nSPS) is 10.7. The summed E-state index contributed by atoms with van der Waals surface area (Å²) in [6.45, 7) is 5.65. The molecule has 0 spiro atoms. The van der Waals surface area contributed by atoms with E-state index in [0.29, 0.717) is 22.8 Å². The summed E-state index contributed by atoms with van der Waals surface area (Å²) in [5.41, 5.74) is 3.96. The van der Waals surface area contributed by atoms with Gasteiger partial charge in [0.1, 0.15) is 11.5 Å². The van der Waals surface area contributed by atoms with Crippen LogP contribution < -0.4 is 10.9 Å². The molecule has 0 unspecified atom stereocenters. The van der Waals surface area contributed by atoms with Crippen LogP contribution in [0.1, 0.15) is 33.0 Å². The van der Waals surface area contributed by atoms with E-state index >= 15 is 0 Å². The molecule has 0 fully saturated rings. The summed E-state index contributed by atoms with van der Waals surface area (Å²) in [5, 5.41) is 2.78. The highest BCUT2D eigenvalue weighted by atomic mass is 16.2. The molecule has 0 atom stereocenters. The maximum absolute atomic E-state index is 12.5. The molecule has 0 aliphatic heterocycles. The molecule has 6 nitrogen and oxygen atoms in total. The third-order valence-corrected chi connectivity index (χ3v) is 4.07. The molecule has 1 aromatic carbocycles. The van der Waals surface area contributed by atoms with Gasteiger partial charge in [0.15, 0.2) is 0 Å². The number of hydrogen-bond acceptors (Lipinski definition) is 3. The van der Waals surface area contributed by atoms with Gasteiger partial charge in [-0.3, -0.25) is 9.59 Å². The molecule has 128 valence electrons. The van der Waals surface area contributed by atoms with Crippen LogP contribution in [0, 0.1) is 20.8 Å². The van der Waals surface area contributed by atoms with E-state index in [1.165, 1.54) is 0 Å². The van der Waals surface area contributed by atoms with Crippen molar-refractivity contribution in [3.8, 4) is 11.4 Å². The Morgan fingerprint density at radius 1 is 1.12 bits per heavy atom. The Balaban J connectivity index is 1.79. The van der Waals surface area contributed by atoms with Crippen LogP contribution in [0.4, 0.5) is 0 Å². The molecule has 0 aliphatic carbocycles. The van der Waals surface area contributed by atoms with Crippen LogP contribution in [-0.2, 0) is 6.54 Å². The second-order valence-electron chi connectivity index (χ2n) is 6.05. The number of carbonyl (C=O) groups excluding carboxylic acids is 1. The smallest absolute Gasteiger partial charge is 0.272 e. The van der Waals surface area contributed by atoms with E-state index in [1.54, 1.807) is 6.92 Å². The standard InChI is InChI=1S/C19H20N4O2/c1-11-9-12(2)21-18(24)15(11)10-20-19(25)16-13(3)22-17(23-16)14-7-5-4-6-8-14/h4-9H,10H2,1-3H3,(H,20,25)(H,21,24)(H,22,23). The first-order valence-corrected chi connectivity index (χ1v) is 8.05. The van der Waals surface area contributed by atoms with Crippen molar-refractivity contribution in [3.05, 3.63) is 75.0 Å². The topological polar surface area (TPSA) is 90.6 Å². The highest BCUT2D eigenvalue weighted by Gasteiger charge is 2.16. The summed E-state index contributed by atoms with van der Waals surface area (Å²) in [5.74, 6) is 0.336. The maximum atomic E-state index is 12.5. The van der Waals surface area contributed by atoms with Crippen molar-refractivity contribution >= 4 is 5.91 Å². The zero-order chi connectivity index (χ0) is 18.0. The number of rotatable bonds is 4. The Morgan fingerprint density at radius 2 is 1.84 bits per heavy atom. The zero-order valence-electron chi connectivity index (χ0n) is 14.4. The molecular weight excluding hydrogens is 316 g/mol. The van der Waals surface area contributed by atoms with E-state index < -0.39 is 0 Å². The Kier molecular flexibility index (Phi) is 4.52. The second-order valence-corrected chi connectivity index (χ2v) is 6.05. The second kappa shape index (κ2) is 6.76. The number of carbonyl (C=O) groups is 1. The molecular formula is C19H20N4O2. The number of nitrogens with zero attached hydrogens (tertiary/aromatic N) is 1. The van der Waals surface area contributed by atoms with Crippen molar-refractivity contribution in [2.75, 3.05) is 0 Å². The Morgan fingerprint density at radius 3 is 2.52 bits per heavy atom. The third kappa shape index (κ3) is 3.52. The fourth-order valence-corrected chi connectivity index (χ4v) is 2.77. The van der Waals surface area contributed by atoms with Crippen molar-refractivity contribution in [3.63, 3.8) is 0 Å². The SMILES string of the molecule is Cc1cc(C)c(CNC(=O)c2nc(-c3ccccc3)[nH]c2C)c(=O)[nH]1. The van der Waals surface area contributed by atoms with Gasteiger partial charge in [0.05, 0.1) is 0 Å². The average Bonchev–Trinajstić information content (AvgIpc) is 2.96. The van der Waals surface area contributed by atoms with Crippen molar-refractivity contribution < 1.29 is 4.79 Å². The van der Waals surface area contributed by atoms with E-state index in [2.05, 4.69) is 20.3 Å². The maximum Gasteiger partial charge on any atom is 0.272 e. The molecule has 0 saturated heterocycles. The van der Waals surface area contributed by atoms with Crippen LogP contribution in [0.3, 0.4) is 0 Å². The van der Waals surface area contributed by atoms with Gasteiger partial charge in [0.2, 0.25) is 0 Å². The number of hydrogen-bond donors (Lipinski definition) is 3. The number of pyridine rings is 1. The molecule has 3 rings (SSSR count). The summed E-state index contributed by atoms with van der Waals surface area (Å²) in [6, 6.07) is 11.5. The monoisotopic (exact) mass is 336 g/mol. The van der Waals surface area contributed by atoms with Crippen molar-refractivity contribution in [2.24, 2.45) is 0 Å². The number of H-pyrrole nitrogens is 2. The molecule has 25 heavy (non-hydrogen) atoms. The minimum atomic E-state index is -0.310. The van der Waals surface area contributed by atoms with Gasteiger partial charge in [-0.1, -0.05) is 30.3 Å². The van der Waals surface area contributed by atoms with Crippen LogP contribution in [-0.4, -0.2) is 20.9 Å². The fourth-order valence-electron chi connectivity index (χ4n) is 2.77. The molecule has 3 aromatic rings. The first-order chi connectivity index (χ1) is 12.0. The molecule has 0 saturated carbocycles. The molecule has 6 heteroatoms. The van der Waals surface area contributed by atoms with Crippen molar-refractivity contribution in [1.29, 1.82) is 0 Å². The molecule has 0 radical (unpaired) electrons. The summed E-state index contributed by atoms with van der Waals surface area (Å²) in [4.78, 5) is 34.8. The highest BCUT2D eigenvalue weighted by molar-refractivity contribution is 5.94. The van der Waals surface area contributed by atoms with Gasteiger partial charge < -0.3 is 15.3 Å². The zero-order valence-corrected chi connectivity index (χ0v) is 14.4. The van der Waals surface area contributed by atoms with Crippen LogP contribution in [0.2, 0.25) is 0 Å². The average molecular weight is 336 g/mol. The predicted octanol–water partition coefficient (Wildman–Crippen LogP) is 2.62. The van der Waals surface area contributed by atoms with Crippen LogP contribution in [0.25, 0.3) is 11.4 Å². The number of aryl methyl sites for hydroxylation is 3. The molecule has 1 amide bonds. The number of amides is 1. The van der Waals surface area contributed by atoms with E-state index in [9.17, 15) is 9.59 Å². The minimum absolute atomic E-state index is 0.160. The molecule has 2 aromatic heterocycles. The van der Waals surface area contributed by atoms with Gasteiger partial charge in [-0.05, 0) is 32.4 Å². The molecule has 0 bridgehead atoms. The summed E-state index contributed by atoms with van der Waals surface area (Å²) >= 11 is 0. The van der Waals surface area contributed by atoms with E-state index in [1.807, 2.05) is 50.2 Å².